The van der Waals surface area contributed by atoms with Gasteiger partial charge in [-0.3, -0.25) is 23.7 Å². The smallest absolute Gasteiger partial charge is 0.326 e. The van der Waals surface area contributed by atoms with Crippen molar-refractivity contribution in [1.82, 2.24) is 19.6 Å². The van der Waals surface area contributed by atoms with Crippen LogP contribution in [0.5, 0.6) is 0 Å². The van der Waals surface area contributed by atoms with E-state index < -0.39 is 24.1 Å². The molecule has 1 aliphatic heterocycles. The summed E-state index contributed by atoms with van der Waals surface area (Å²) in [6.07, 6.45) is 3.67. The van der Waals surface area contributed by atoms with Crippen molar-refractivity contribution in [3.63, 3.8) is 0 Å². The lowest BCUT2D eigenvalue weighted by Crippen LogP contribution is -2.54. The van der Waals surface area contributed by atoms with Crippen LogP contribution in [0.25, 0.3) is 5.65 Å². The third-order valence-electron chi connectivity index (χ3n) is 6.23. The van der Waals surface area contributed by atoms with Crippen molar-refractivity contribution >= 4 is 23.6 Å². The molecule has 0 aromatic carbocycles. The fraction of sp³-hybridized carbons (Fsp3) is 0.522. The highest BCUT2D eigenvalue weighted by atomic mass is 16.5. The van der Waals surface area contributed by atoms with Crippen LogP contribution in [0.2, 0.25) is 0 Å². The summed E-state index contributed by atoms with van der Waals surface area (Å²) in [4.78, 5) is 55.7. The molecular formula is C23H28N4O5. The van der Waals surface area contributed by atoms with Gasteiger partial charge in [0, 0.05) is 12.3 Å². The number of ether oxygens (including phenoxy) is 1. The monoisotopic (exact) mass is 440 g/mol. The first-order chi connectivity index (χ1) is 15.0. The Morgan fingerprint density at radius 3 is 2.75 bits per heavy atom. The van der Waals surface area contributed by atoms with Crippen molar-refractivity contribution in [3.05, 3.63) is 46.0 Å². The molecule has 2 aromatic heterocycles. The number of esters is 1. The van der Waals surface area contributed by atoms with Gasteiger partial charge in [-0.2, -0.15) is 0 Å². The van der Waals surface area contributed by atoms with E-state index in [0.717, 1.165) is 16.9 Å². The number of nitrogens with one attached hydrogen (secondary N) is 1. The number of urea groups is 1. The molecule has 1 saturated heterocycles. The minimum Gasteiger partial charge on any atom is -0.458 e. The Hall–Kier alpha value is -3.23. The molecule has 1 aliphatic carbocycles. The number of imide groups is 1. The predicted octanol–water partition coefficient (Wildman–Crippen LogP) is 2.18. The summed E-state index contributed by atoms with van der Waals surface area (Å²) in [5, 5.41) is 2.84. The van der Waals surface area contributed by atoms with Crippen LogP contribution in [0.15, 0.2) is 29.2 Å². The maximum Gasteiger partial charge on any atom is 0.326 e. The minimum atomic E-state index is -0.968. The first kappa shape index (κ1) is 22.0. The molecule has 2 aromatic rings. The molecule has 0 radical (unpaired) electrons. The number of hydrogen-bond acceptors (Lipinski definition) is 6. The van der Waals surface area contributed by atoms with E-state index in [9.17, 15) is 19.2 Å². The number of aromatic nitrogens is 2. The number of nitrogens with zero attached hydrogens (tertiary/aromatic N) is 3. The molecule has 1 N–H and O–H groups in total. The summed E-state index contributed by atoms with van der Waals surface area (Å²) in [7, 11) is 0. The number of aryl methyl sites for hydroxylation is 1. The molecule has 4 rings (SSSR count). The van der Waals surface area contributed by atoms with Crippen molar-refractivity contribution in [3.8, 4) is 0 Å². The second-order valence-corrected chi connectivity index (χ2v) is 9.89. The molecule has 2 unspecified atom stereocenters. The first-order valence-electron chi connectivity index (χ1n) is 10.8. The Kier molecular flexibility index (Phi) is 5.30. The second-order valence-electron chi connectivity index (χ2n) is 9.89. The van der Waals surface area contributed by atoms with Gasteiger partial charge in [-0.25, -0.2) is 9.78 Å². The van der Waals surface area contributed by atoms with Gasteiger partial charge in [-0.1, -0.05) is 26.8 Å². The zero-order valence-corrected chi connectivity index (χ0v) is 18.8. The zero-order valence-electron chi connectivity index (χ0n) is 18.8. The number of rotatable bonds is 4. The van der Waals surface area contributed by atoms with Gasteiger partial charge in [-0.05, 0) is 49.1 Å². The first-order valence-corrected chi connectivity index (χ1v) is 10.8. The van der Waals surface area contributed by atoms with E-state index in [4.69, 9.17) is 4.74 Å². The minimum absolute atomic E-state index is 0.0922. The molecule has 32 heavy (non-hydrogen) atoms. The maximum absolute atomic E-state index is 13.1. The summed E-state index contributed by atoms with van der Waals surface area (Å²) >= 11 is 0. The standard InChI is InChI=1S/C23H28N4O5/c1-14-9-22(3,4)13-23(10-14)20(30)27(21(31)25-23)11-18(29)32-12-16-8-17(28)26-7-5-6-15(2)19(26)24-16/h5-8,14H,9-13H2,1-4H3,(H,25,31). The van der Waals surface area contributed by atoms with Gasteiger partial charge in [0.15, 0.2) is 0 Å². The zero-order chi connectivity index (χ0) is 23.3. The summed E-state index contributed by atoms with van der Waals surface area (Å²) in [6.45, 7) is 7.37. The molecule has 2 aliphatic rings. The molecule has 9 nitrogen and oxygen atoms in total. The van der Waals surface area contributed by atoms with E-state index in [1.165, 1.54) is 10.5 Å². The number of pyridine rings is 1. The van der Waals surface area contributed by atoms with Gasteiger partial charge >= 0.3 is 12.0 Å². The van der Waals surface area contributed by atoms with Crippen molar-refractivity contribution in [2.75, 3.05) is 6.54 Å². The lowest BCUT2D eigenvalue weighted by molar-refractivity contribution is -0.149. The van der Waals surface area contributed by atoms with Crippen molar-refractivity contribution in [2.45, 2.75) is 59.1 Å². The summed E-state index contributed by atoms with van der Waals surface area (Å²) in [6, 6.07) is 4.31. The normalized spacial score (nSPS) is 24.8. The van der Waals surface area contributed by atoms with Crippen LogP contribution in [-0.4, -0.2) is 44.3 Å². The third-order valence-corrected chi connectivity index (χ3v) is 6.23. The summed E-state index contributed by atoms with van der Waals surface area (Å²) in [5.41, 5.74) is 0.252. The van der Waals surface area contributed by atoms with Crippen LogP contribution in [0.3, 0.4) is 0 Å². The predicted molar refractivity (Wildman–Crippen MR) is 116 cm³/mol. The Bertz CT molecular complexity index is 1170. The quantitative estimate of drug-likeness (QED) is 0.576. The van der Waals surface area contributed by atoms with Gasteiger partial charge < -0.3 is 10.1 Å². The lowest BCUT2D eigenvalue weighted by Gasteiger charge is -2.43. The molecule has 1 spiro atoms. The Morgan fingerprint density at radius 2 is 2.03 bits per heavy atom. The number of carbonyl (C=O) groups excluding carboxylic acids is 3. The van der Waals surface area contributed by atoms with Crippen LogP contribution in [0.4, 0.5) is 4.79 Å². The Labute approximate surface area is 185 Å². The Morgan fingerprint density at radius 1 is 1.28 bits per heavy atom. The average Bonchev–Trinajstić information content (AvgIpc) is 2.89. The SMILES string of the molecule is Cc1cccn2c(=O)cc(COC(=O)CN3C(=O)NC4(CC(C)CC(C)(C)C4)C3=O)nc12. The molecule has 2 atom stereocenters. The van der Waals surface area contributed by atoms with Crippen LogP contribution in [0.1, 0.15) is 51.3 Å². The number of carbonyl (C=O) groups is 3. The van der Waals surface area contributed by atoms with E-state index in [1.54, 1.807) is 12.3 Å². The van der Waals surface area contributed by atoms with E-state index in [0.29, 0.717) is 24.2 Å². The van der Waals surface area contributed by atoms with Gasteiger partial charge in [0.05, 0.1) is 5.69 Å². The number of hydrogen-bond donors (Lipinski definition) is 1. The van der Waals surface area contributed by atoms with Crippen LogP contribution in [-0.2, 0) is 20.9 Å². The molecule has 3 amide bonds. The van der Waals surface area contributed by atoms with Crippen LogP contribution >= 0.6 is 0 Å². The topological polar surface area (TPSA) is 110 Å². The summed E-state index contributed by atoms with van der Waals surface area (Å²) < 4.78 is 6.66. The molecule has 170 valence electrons. The number of fused-ring (bicyclic) bond motifs is 1. The fourth-order valence-corrected chi connectivity index (χ4v) is 5.36. The van der Waals surface area contributed by atoms with Crippen molar-refractivity contribution < 1.29 is 19.1 Å². The third kappa shape index (κ3) is 3.99. The highest BCUT2D eigenvalue weighted by molar-refractivity contribution is 6.08. The highest BCUT2D eigenvalue weighted by Crippen LogP contribution is 2.46. The van der Waals surface area contributed by atoms with Crippen LogP contribution in [0, 0.1) is 18.3 Å². The highest BCUT2D eigenvalue weighted by Gasteiger charge is 2.56. The molecule has 1 saturated carbocycles. The van der Waals surface area contributed by atoms with E-state index in [1.807, 2.05) is 13.0 Å². The van der Waals surface area contributed by atoms with E-state index in [-0.39, 0.29) is 29.4 Å². The Balaban J connectivity index is 1.44. The van der Waals surface area contributed by atoms with Gasteiger partial charge in [0.2, 0.25) is 0 Å². The molecule has 3 heterocycles. The molecule has 9 heteroatoms. The molecule has 0 bridgehead atoms. The van der Waals surface area contributed by atoms with Crippen molar-refractivity contribution in [2.24, 2.45) is 11.3 Å². The molecule has 2 fully saturated rings. The second kappa shape index (κ2) is 7.72. The average molecular weight is 441 g/mol. The van der Waals surface area contributed by atoms with E-state index >= 15 is 0 Å². The number of amides is 3. The van der Waals surface area contributed by atoms with Gasteiger partial charge in [0.1, 0.15) is 24.3 Å². The maximum atomic E-state index is 13.1. The fourth-order valence-electron chi connectivity index (χ4n) is 5.36. The summed E-state index contributed by atoms with van der Waals surface area (Å²) in [5.74, 6) is -0.839. The van der Waals surface area contributed by atoms with Crippen LogP contribution < -0.4 is 10.9 Å². The van der Waals surface area contributed by atoms with Gasteiger partial charge in [-0.15, -0.1) is 0 Å². The van der Waals surface area contributed by atoms with Crippen molar-refractivity contribution in [1.29, 1.82) is 0 Å². The lowest BCUT2D eigenvalue weighted by atomic mass is 9.64. The largest absolute Gasteiger partial charge is 0.458 e. The molecular weight excluding hydrogens is 412 g/mol. The van der Waals surface area contributed by atoms with Gasteiger partial charge in [0.25, 0.3) is 11.5 Å². The van der Waals surface area contributed by atoms with E-state index in [2.05, 4.69) is 31.1 Å².